The third kappa shape index (κ3) is 3.19. The zero-order valence-electron chi connectivity index (χ0n) is 12.2. The molecule has 4 heteroatoms. The predicted octanol–water partition coefficient (Wildman–Crippen LogP) is 2.64. The monoisotopic (exact) mass is 261 g/mol. The number of anilines is 2. The van der Waals surface area contributed by atoms with Crippen molar-refractivity contribution in [1.29, 1.82) is 0 Å². The van der Waals surface area contributed by atoms with Crippen molar-refractivity contribution in [3.63, 3.8) is 0 Å². The second-order valence-corrected chi connectivity index (χ2v) is 6.30. The Morgan fingerprint density at radius 2 is 1.95 bits per heavy atom. The molecule has 0 saturated carbocycles. The number of carbonyl (C=O) groups excluding carboxylic acids is 1. The van der Waals surface area contributed by atoms with Gasteiger partial charge in [-0.25, -0.2) is 0 Å². The molecule has 1 aliphatic rings. The molecule has 104 valence electrons. The number of nitrogens with zero attached hydrogens (tertiary/aromatic N) is 1. The van der Waals surface area contributed by atoms with Crippen molar-refractivity contribution in [1.82, 2.24) is 4.90 Å². The Balaban J connectivity index is 2.24. The van der Waals surface area contributed by atoms with Gasteiger partial charge in [-0.15, -0.1) is 0 Å². The first-order valence-corrected chi connectivity index (χ1v) is 6.75. The van der Waals surface area contributed by atoms with Gasteiger partial charge in [0, 0.05) is 26.7 Å². The highest BCUT2D eigenvalue weighted by molar-refractivity contribution is 6.02. The molecule has 0 saturated heterocycles. The lowest BCUT2D eigenvalue weighted by molar-refractivity contribution is 0.0746. The van der Waals surface area contributed by atoms with E-state index in [1.165, 1.54) is 0 Å². The molecule has 1 heterocycles. The predicted molar refractivity (Wildman–Crippen MR) is 79.8 cm³/mol. The third-order valence-corrected chi connectivity index (χ3v) is 3.10. The number of para-hydroxylation sites is 1. The Bertz CT molecular complexity index is 477. The van der Waals surface area contributed by atoms with Crippen molar-refractivity contribution in [2.45, 2.75) is 20.8 Å². The number of hydrogen-bond acceptors (Lipinski definition) is 3. The van der Waals surface area contributed by atoms with Gasteiger partial charge in [-0.1, -0.05) is 26.8 Å². The summed E-state index contributed by atoms with van der Waals surface area (Å²) in [6, 6.07) is 5.82. The summed E-state index contributed by atoms with van der Waals surface area (Å²) in [4.78, 5) is 14.3. The van der Waals surface area contributed by atoms with Crippen LogP contribution in [0, 0.1) is 5.41 Å². The van der Waals surface area contributed by atoms with Crippen LogP contribution in [0.3, 0.4) is 0 Å². The quantitative estimate of drug-likeness (QED) is 0.860. The highest BCUT2D eigenvalue weighted by atomic mass is 16.2. The number of fused-ring (bicyclic) bond motifs is 1. The Hall–Kier alpha value is -1.71. The van der Waals surface area contributed by atoms with Gasteiger partial charge in [-0.3, -0.25) is 4.79 Å². The Kier molecular flexibility index (Phi) is 3.69. The fraction of sp³-hybridized carbons (Fsp3) is 0.533. The zero-order chi connectivity index (χ0) is 14.0. The van der Waals surface area contributed by atoms with E-state index in [0.717, 1.165) is 36.6 Å². The van der Waals surface area contributed by atoms with Crippen LogP contribution in [0.5, 0.6) is 0 Å². The highest BCUT2D eigenvalue weighted by Crippen LogP contribution is 2.29. The fourth-order valence-corrected chi connectivity index (χ4v) is 2.44. The van der Waals surface area contributed by atoms with Crippen molar-refractivity contribution in [2.75, 3.05) is 37.3 Å². The van der Waals surface area contributed by atoms with Crippen molar-refractivity contribution >= 4 is 17.3 Å². The van der Waals surface area contributed by atoms with Gasteiger partial charge >= 0.3 is 0 Å². The van der Waals surface area contributed by atoms with Gasteiger partial charge in [0.25, 0.3) is 5.91 Å². The molecular weight excluding hydrogens is 238 g/mol. The third-order valence-electron chi connectivity index (χ3n) is 3.10. The normalized spacial score (nSPS) is 14.1. The summed E-state index contributed by atoms with van der Waals surface area (Å²) in [5, 5.41) is 6.63. The van der Waals surface area contributed by atoms with Crippen molar-refractivity contribution in [2.24, 2.45) is 5.41 Å². The topological polar surface area (TPSA) is 44.4 Å². The van der Waals surface area contributed by atoms with Crippen LogP contribution in [0.15, 0.2) is 18.2 Å². The molecule has 0 unspecified atom stereocenters. The van der Waals surface area contributed by atoms with Gasteiger partial charge in [0.15, 0.2) is 0 Å². The van der Waals surface area contributed by atoms with E-state index in [0.29, 0.717) is 0 Å². The SMILES string of the molecule is CN(CC(C)(C)C)C(=O)c1cccc2c1NCCN2. The smallest absolute Gasteiger partial charge is 0.255 e. The van der Waals surface area contributed by atoms with Gasteiger partial charge in [-0.2, -0.15) is 0 Å². The highest BCUT2D eigenvalue weighted by Gasteiger charge is 2.22. The van der Waals surface area contributed by atoms with Crippen LogP contribution >= 0.6 is 0 Å². The summed E-state index contributed by atoms with van der Waals surface area (Å²) < 4.78 is 0. The van der Waals surface area contributed by atoms with Crippen molar-refractivity contribution in [3.05, 3.63) is 23.8 Å². The van der Waals surface area contributed by atoms with Crippen LogP contribution in [0.25, 0.3) is 0 Å². The first-order chi connectivity index (χ1) is 8.88. The molecule has 1 aromatic rings. The molecule has 0 atom stereocenters. The van der Waals surface area contributed by atoms with Crippen LogP contribution in [0.4, 0.5) is 11.4 Å². The number of carbonyl (C=O) groups is 1. The molecule has 1 aromatic carbocycles. The number of nitrogens with one attached hydrogen (secondary N) is 2. The molecule has 0 bridgehead atoms. The second kappa shape index (κ2) is 5.11. The summed E-state index contributed by atoms with van der Waals surface area (Å²) in [7, 11) is 1.86. The molecule has 0 spiro atoms. The largest absolute Gasteiger partial charge is 0.382 e. The minimum absolute atomic E-state index is 0.0722. The summed E-state index contributed by atoms with van der Waals surface area (Å²) in [6.07, 6.45) is 0. The average molecular weight is 261 g/mol. The van der Waals surface area contributed by atoms with E-state index in [1.807, 2.05) is 25.2 Å². The van der Waals surface area contributed by atoms with Crippen LogP contribution < -0.4 is 10.6 Å². The molecule has 1 aliphatic heterocycles. The lowest BCUT2D eigenvalue weighted by Crippen LogP contribution is -2.35. The second-order valence-electron chi connectivity index (χ2n) is 6.30. The number of hydrogen-bond donors (Lipinski definition) is 2. The van der Waals surface area contributed by atoms with Crippen molar-refractivity contribution in [3.8, 4) is 0 Å². The van der Waals surface area contributed by atoms with E-state index in [2.05, 4.69) is 31.4 Å². The summed E-state index contributed by atoms with van der Waals surface area (Å²) >= 11 is 0. The minimum atomic E-state index is 0.0722. The number of rotatable bonds is 2. The molecule has 0 fully saturated rings. The van der Waals surface area contributed by atoms with E-state index in [1.54, 1.807) is 4.90 Å². The van der Waals surface area contributed by atoms with Crippen LogP contribution in [-0.2, 0) is 0 Å². The maximum atomic E-state index is 12.6. The summed E-state index contributed by atoms with van der Waals surface area (Å²) in [5.41, 5.74) is 2.79. The van der Waals surface area contributed by atoms with Gasteiger partial charge in [0.2, 0.25) is 0 Å². The van der Waals surface area contributed by atoms with Crippen LogP contribution in [0.1, 0.15) is 31.1 Å². The molecule has 4 nitrogen and oxygen atoms in total. The van der Waals surface area contributed by atoms with Crippen molar-refractivity contribution < 1.29 is 4.79 Å². The van der Waals surface area contributed by atoms with E-state index in [9.17, 15) is 4.79 Å². The summed E-state index contributed by atoms with van der Waals surface area (Å²) in [5.74, 6) is 0.0722. The minimum Gasteiger partial charge on any atom is -0.382 e. The van der Waals surface area contributed by atoms with E-state index < -0.39 is 0 Å². The Labute approximate surface area is 115 Å². The first kappa shape index (κ1) is 13.7. The van der Waals surface area contributed by atoms with Crippen LogP contribution in [-0.4, -0.2) is 37.5 Å². The average Bonchev–Trinajstić information content (AvgIpc) is 2.35. The number of benzene rings is 1. The van der Waals surface area contributed by atoms with E-state index in [4.69, 9.17) is 0 Å². The number of amides is 1. The molecule has 0 aromatic heterocycles. The fourth-order valence-electron chi connectivity index (χ4n) is 2.44. The first-order valence-electron chi connectivity index (χ1n) is 6.75. The molecule has 2 N–H and O–H groups in total. The Morgan fingerprint density at radius 3 is 2.63 bits per heavy atom. The van der Waals surface area contributed by atoms with Gasteiger partial charge in [-0.05, 0) is 17.5 Å². The molecule has 0 aliphatic carbocycles. The van der Waals surface area contributed by atoms with E-state index in [-0.39, 0.29) is 11.3 Å². The van der Waals surface area contributed by atoms with Gasteiger partial charge in [0.1, 0.15) is 0 Å². The lowest BCUT2D eigenvalue weighted by atomic mass is 9.96. The van der Waals surface area contributed by atoms with Gasteiger partial charge < -0.3 is 15.5 Å². The van der Waals surface area contributed by atoms with Crippen LogP contribution in [0.2, 0.25) is 0 Å². The standard InChI is InChI=1S/C15H23N3O/c1-15(2,3)10-18(4)14(19)11-6-5-7-12-13(11)17-9-8-16-12/h5-7,16-17H,8-10H2,1-4H3. The molecule has 1 amide bonds. The molecule has 19 heavy (non-hydrogen) atoms. The maximum Gasteiger partial charge on any atom is 0.255 e. The zero-order valence-corrected chi connectivity index (χ0v) is 12.2. The maximum absolute atomic E-state index is 12.6. The molecule has 2 rings (SSSR count). The Morgan fingerprint density at radius 1 is 1.26 bits per heavy atom. The van der Waals surface area contributed by atoms with Gasteiger partial charge in [0.05, 0.1) is 16.9 Å². The molecular formula is C15H23N3O. The van der Waals surface area contributed by atoms with E-state index >= 15 is 0 Å². The summed E-state index contributed by atoms with van der Waals surface area (Å²) in [6.45, 7) is 8.89. The molecule has 0 radical (unpaired) electrons. The lowest BCUT2D eigenvalue weighted by Gasteiger charge is -2.28.